The summed E-state index contributed by atoms with van der Waals surface area (Å²) in [5, 5.41) is 12.8. The van der Waals surface area contributed by atoms with Crippen LogP contribution in [0.1, 0.15) is 59.3 Å². The van der Waals surface area contributed by atoms with Crippen LogP contribution >= 0.6 is 0 Å². The Hall–Kier alpha value is -0.610. The molecule has 2 rings (SSSR count). The summed E-state index contributed by atoms with van der Waals surface area (Å²) < 4.78 is 0. The number of hydrogen-bond acceptors (Lipinski definition) is 3. The molecule has 2 fully saturated rings. The minimum atomic E-state index is -0.747. The molecule has 0 bridgehead atoms. The molecule has 0 aliphatic heterocycles. The Kier molecular flexibility index (Phi) is 5.08. The zero-order chi connectivity index (χ0) is 14.8. The Labute approximate surface area is 122 Å². The molecule has 4 nitrogen and oxygen atoms in total. The van der Waals surface area contributed by atoms with Crippen molar-refractivity contribution in [1.29, 1.82) is 0 Å². The smallest absolute Gasteiger partial charge is 0.323 e. The average Bonchev–Trinajstić information content (AvgIpc) is 3.22. The highest BCUT2D eigenvalue weighted by Crippen LogP contribution is 2.30. The molecule has 1 unspecified atom stereocenters. The number of carbonyl (C=O) groups is 1. The quantitative estimate of drug-likeness (QED) is 0.646. The van der Waals surface area contributed by atoms with Crippen LogP contribution in [0.2, 0.25) is 0 Å². The van der Waals surface area contributed by atoms with Gasteiger partial charge in [-0.25, -0.2) is 0 Å². The lowest BCUT2D eigenvalue weighted by Crippen LogP contribution is -2.51. The van der Waals surface area contributed by atoms with E-state index in [1.165, 1.54) is 19.4 Å². The fourth-order valence-electron chi connectivity index (χ4n) is 2.75. The standard InChI is InChI=1S/C16H30N2O2/c1-12(2)18(11-13-5-6-13)10-4-9-16(3,15(19)20)17-14-7-8-14/h12-14,17H,4-11H2,1-3H3,(H,19,20). The first-order valence-electron chi connectivity index (χ1n) is 8.16. The fourth-order valence-corrected chi connectivity index (χ4v) is 2.75. The highest BCUT2D eigenvalue weighted by Gasteiger charge is 2.38. The summed E-state index contributed by atoms with van der Waals surface area (Å²) >= 11 is 0. The van der Waals surface area contributed by atoms with Crippen LogP contribution in [0.3, 0.4) is 0 Å². The van der Waals surface area contributed by atoms with Crippen molar-refractivity contribution in [3.63, 3.8) is 0 Å². The number of aliphatic carboxylic acids is 1. The summed E-state index contributed by atoms with van der Waals surface area (Å²) in [5.41, 5.74) is -0.747. The fraction of sp³-hybridized carbons (Fsp3) is 0.938. The largest absolute Gasteiger partial charge is 0.480 e. The highest BCUT2D eigenvalue weighted by atomic mass is 16.4. The van der Waals surface area contributed by atoms with Crippen molar-refractivity contribution in [2.75, 3.05) is 13.1 Å². The van der Waals surface area contributed by atoms with E-state index in [-0.39, 0.29) is 0 Å². The molecule has 0 aromatic carbocycles. The van der Waals surface area contributed by atoms with Gasteiger partial charge in [0.2, 0.25) is 0 Å². The number of rotatable bonds is 10. The number of nitrogens with zero attached hydrogens (tertiary/aromatic N) is 1. The third-order valence-electron chi connectivity index (χ3n) is 4.61. The second-order valence-corrected chi connectivity index (χ2v) is 7.19. The summed E-state index contributed by atoms with van der Waals surface area (Å²) in [6.07, 6.45) is 6.67. The minimum absolute atomic E-state index is 0.434. The van der Waals surface area contributed by atoms with Gasteiger partial charge in [0.05, 0.1) is 0 Å². The van der Waals surface area contributed by atoms with Crippen LogP contribution in [0.5, 0.6) is 0 Å². The molecule has 4 heteroatoms. The first-order valence-corrected chi connectivity index (χ1v) is 8.16. The van der Waals surface area contributed by atoms with Crippen molar-refractivity contribution in [3.8, 4) is 0 Å². The molecule has 1 atom stereocenters. The van der Waals surface area contributed by atoms with E-state index in [9.17, 15) is 9.90 Å². The van der Waals surface area contributed by atoms with Gasteiger partial charge in [-0.05, 0) is 71.8 Å². The van der Waals surface area contributed by atoms with Crippen LogP contribution in [0, 0.1) is 5.92 Å². The molecule has 0 amide bonds. The molecule has 2 saturated carbocycles. The Morgan fingerprint density at radius 3 is 2.45 bits per heavy atom. The predicted octanol–water partition coefficient (Wildman–Crippen LogP) is 2.48. The Bertz CT molecular complexity index is 337. The van der Waals surface area contributed by atoms with Crippen molar-refractivity contribution in [1.82, 2.24) is 10.2 Å². The van der Waals surface area contributed by atoms with Crippen LogP contribution < -0.4 is 5.32 Å². The highest BCUT2D eigenvalue weighted by molar-refractivity contribution is 5.78. The monoisotopic (exact) mass is 282 g/mol. The van der Waals surface area contributed by atoms with Gasteiger partial charge in [0.15, 0.2) is 0 Å². The van der Waals surface area contributed by atoms with Gasteiger partial charge in [-0.3, -0.25) is 10.1 Å². The third kappa shape index (κ3) is 4.74. The van der Waals surface area contributed by atoms with E-state index in [0.717, 1.165) is 31.7 Å². The normalized spacial score (nSPS) is 22.2. The maximum absolute atomic E-state index is 11.5. The number of nitrogens with one attached hydrogen (secondary N) is 1. The molecule has 0 aromatic rings. The van der Waals surface area contributed by atoms with Gasteiger partial charge < -0.3 is 10.0 Å². The zero-order valence-corrected chi connectivity index (χ0v) is 13.2. The second-order valence-electron chi connectivity index (χ2n) is 7.19. The number of carboxylic acids is 1. The molecule has 0 spiro atoms. The van der Waals surface area contributed by atoms with Crippen LogP contribution in [-0.4, -0.2) is 46.7 Å². The average molecular weight is 282 g/mol. The molecule has 2 aliphatic rings. The summed E-state index contributed by atoms with van der Waals surface area (Å²) in [6, 6.07) is 0.992. The van der Waals surface area contributed by atoms with E-state index >= 15 is 0 Å². The summed E-state index contributed by atoms with van der Waals surface area (Å²) in [5.74, 6) is 0.190. The topological polar surface area (TPSA) is 52.6 Å². The maximum atomic E-state index is 11.5. The minimum Gasteiger partial charge on any atom is -0.480 e. The summed E-state index contributed by atoms with van der Waals surface area (Å²) in [7, 11) is 0. The predicted molar refractivity (Wildman–Crippen MR) is 80.9 cm³/mol. The first kappa shape index (κ1) is 15.8. The molecule has 0 radical (unpaired) electrons. The van der Waals surface area contributed by atoms with Gasteiger partial charge in [0.25, 0.3) is 0 Å². The maximum Gasteiger partial charge on any atom is 0.323 e. The molecular weight excluding hydrogens is 252 g/mol. The van der Waals surface area contributed by atoms with E-state index in [1.807, 2.05) is 6.92 Å². The SMILES string of the molecule is CC(C)N(CCCC(C)(NC1CC1)C(=O)O)CC1CC1. The van der Waals surface area contributed by atoms with Crippen LogP contribution in [0.25, 0.3) is 0 Å². The van der Waals surface area contributed by atoms with E-state index in [4.69, 9.17) is 0 Å². The van der Waals surface area contributed by atoms with Crippen LogP contribution in [0.4, 0.5) is 0 Å². The van der Waals surface area contributed by atoms with E-state index in [2.05, 4.69) is 24.1 Å². The summed E-state index contributed by atoms with van der Waals surface area (Å²) in [6.45, 7) is 8.53. The lowest BCUT2D eigenvalue weighted by atomic mass is 9.95. The second kappa shape index (κ2) is 6.44. The molecule has 2 N–H and O–H groups in total. The molecule has 0 heterocycles. The van der Waals surface area contributed by atoms with Crippen molar-refractivity contribution >= 4 is 5.97 Å². The van der Waals surface area contributed by atoms with Gasteiger partial charge in [-0.2, -0.15) is 0 Å². The molecule has 0 aromatic heterocycles. The third-order valence-corrected chi connectivity index (χ3v) is 4.61. The van der Waals surface area contributed by atoms with Gasteiger partial charge in [-0.1, -0.05) is 0 Å². The van der Waals surface area contributed by atoms with Crippen LogP contribution in [0.15, 0.2) is 0 Å². The van der Waals surface area contributed by atoms with E-state index in [1.54, 1.807) is 0 Å². The van der Waals surface area contributed by atoms with Crippen molar-refractivity contribution in [2.45, 2.75) is 76.9 Å². The Morgan fingerprint density at radius 1 is 1.35 bits per heavy atom. The Morgan fingerprint density at radius 2 is 2.00 bits per heavy atom. The zero-order valence-electron chi connectivity index (χ0n) is 13.2. The molecule has 0 saturated heterocycles. The van der Waals surface area contributed by atoms with E-state index < -0.39 is 11.5 Å². The summed E-state index contributed by atoms with van der Waals surface area (Å²) in [4.78, 5) is 14.0. The molecule has 2 aliphatic carbocycles. The van der Waals surface area contributed by atoms with Crippen molar-refractivity contribution in [2.24, 2.45) is 5.92 Å². The van der Waals surface area contributed by atoms with Gasteiger partial charge in [0.1, 0.15) is 5.54 Å². The lowest BCUT2D eigenvalue weighted by molar-refractivity contribution is -0.144. The lowest BCUT2D eigenvalue weighted by Gasteiger charge is -2.30. The molecular formula is C16H30N2O2. The van der Waals surface area contributed by atoms with Gasteiger partial charge in [-0.15, -0.1) is 0 Å². The Balaban J connectivity index is 1.76. The van der Waals surface area contributed by atoms with Gasteiger partial charge >= 0.3 is 5.97 Å². The van der Waals surface area contributed by atoms with Gasteiger partial charge in [0, 0.05) is 18.6 Å². The number of carboxylic acid groups (broad SMARTS) is 1. The number of hydrogen-bond donors (Lipinski definition) is 2. The molecule has 116 valence electrons. The van der Waals surface area contributed by atoms with Crippen molar-refractivity contribution in [3.05, 3.63) is 0 Å². The first-order chi connectivity index (χ1) is 9.40. The molecule has 20 heavy (non-hydrogen) atoms. The van der Waals surface area contributed by atoms with E-state index in [0.29, 0.717) is 18.5 Å². The van der Waals surface area contributed by atoms with Crippen LogP contribution in [-0.2, 0) is 4.79 Å². The van der Waals surface area contributed by atoms with Crippen molar-refractivity contribution < 1.29 is 9.90 Å².